The van der Waals surface area contributed by atoms with E-state index in [1.54, 1.807) is 6.07 Å². The van der Waals surface area contributed by atoms with Crippen LogP contribution in [-0.4, -0.2) is 15.5 Å². The average Bonchev–Trinajstić information content (AvgIpc) is 2.72. The molecule has 5 heteroatoms. The lowest BCUT2D eigenvalue weighted by Crippen LogP contribution is -2.24. The normalized spacial score (nSPS) is 15.2. The molecule has 1 amide bonds. The van der Waals surface area contributed by atoms with Crippen LogP contribution >= 0.6 is 0 Å². The van der Waals surface area contributed by atoms with Crippen LogP contribution in [0.3, 0.4) is 0 Å². The lowest BCUT2D eigenvalue weighted by molar-refractivity contribution is -0.117. The van der Waals surface area contributed by atoms with E-state index in [1.807, 2.05) is 32.9 Å². The van der Waals surface area contributed by atoms with Crippen LogP contribution in [0, 0.1) is 12.0 Å². The lowest BCUT2D eigenvalue weighted by atomic mass is 9.92. The first-order valence-electron chi connectivity index (χ1n) is 8.07. The summed E-state index contributed by atoms with van der Waals surface area (Å²) in [6.07, 6.45) is 3.84. The lowest BCUT2D eigenvalue weighted by Gasteiger charge is -2.29. The number of aromatic nitrogens is 2. The van der Waals surface area contributed by atoms with Gasteiger partial charge in [-0.25, -0.2) is 9.83 Å². The summed E-state index contributed by atoms with van der Waals surface area (Å²) < 4.78 is 2.11. The fourth-order valence-electron chi connectivity index (χ4n) is 2.90. The van der Waals surface area contributed by atoms with Crippen LogP contribution < -0.4 is 5.32 Å². The molecule has 1 aromatic heterocycles. The summed E-state index contributed by atoms with van der Waals surface area (Å²) in [6.45, 7) is 13.3. The van der Waals surface area contributed by atoms with Crippen molar-refractivity contribution in [1.82, 2.24) is 9.55 Å². The van der Waals surface area contributed by atoms with Crippen LogP contribution in [0.2, 0.25) is 0 Å². The molecule has 0 saturated heterocycles. The molecule has 1 aliphatic carbocycles. The van der Waals surface area contributed by atoms with Gasteiger partial charge in [0.05, 0.1) is 17.6 Å². The summed E-state index contributed by atoms with van der Waals surface area (Å²) in [5.74, 6) is 0.597. The summed E-state index contributed by atoms with van der Waals surface area (Å²) in [6, 6.07) is 5.87. The smallest absolute Gasteiger partial charge is 0.227 e. The first-order valence-corrected chi connectivity index (χ1v) is 8.07. The third-order valence-electron chi connectivity index (χ3n) is 4.18. The molecule has 120 valence electrons. The van der Waals surface area contributed by atoms with Crippen LogP contribution in [0.5, 0.6) is 0 Å². The van der Waals surface area contributed by atoms with Crippen LogP contribution in [0.25, 0.3) is 15.9 Å². The Balaban J connectivity index is 1.99. The molecule has 1 aliphatic rings. The minimum absolute atomic E-state index is 0.0150. The number of anilines is 1. The van der Waals surface area contributed by atoms with Crippen molar-refractivity contribution in [3.63, 3.8) is 0 Å². The minimum atomic E-state index is -0.0608. The van der Waals surface area contributed by atoms with Gasteiger partial charge in [-0.15, -0.1) is 0 Å². The van der Waals surface area contributed by atoms with Crippen molar-refractivity contribution in [1.29, 1.82) is 0 Å². The SMILES string of the molecule is [C-]#[N+]c1ccc2nc(NC(=O)CC(C)(C)C)n(C3CCC3)c2c1. The molecule has 1 heterocycles. The Morgan fingerprint density at radius 3 is 2.74 bits per heavy atom. The van der Waals surface area contributed by atoms with E-state index in [9.17, 15) is 4.79 Å². The molecule has 0 aliphatic heterocycles. The molecule has 2 aromatic rings. The Bertz CT molecular complexity index is 788. The fourth-order valence-corrected chi connectivity index (χ4v) is 2.90. The van der Waals surface area contributed by atoms with E-state index in [0.29, 0.717) is 24.1 Å². The van der Waals surface area contributed by atoms with Crippen LogP contribution in [0.1, 0.15) is 52.5 Å². The second-order valence-corrected chi connectivity index (χ2v) is 7.46. The second kappa shape index (κ2) is 5.69. The highest BCUT2D eigenvalue weighted by Crippen LogP contribution is 2.38. The highest BCUT2D eigenvalue weighted by Gasteiger charge is 2.26. The molecule has 0 atom stereocenters. The first kappa shape index (κ1) is 15.5. The van der Waals surface area contributed by atoms with Crippen LogP contribution in [0.4, 0.5) is 11.6 Å². The first-order chi connectivity index (χ1) is 10.9. The molecular weight excluding hydrogens is 288 g/mol. The molecule has 3 rings (SSSR count). The van der Waals surface area contributed by atoms with Crippen molar-refractivity contribution >= 4 is 28.6 Å². The number of benzene rings is 1. The number of carbonyl (C=O) groups is 1. The molecule has 0 bridgehead atoms. The zero-order chi connectivity index (χ0) is 16.6. The molecule has 1 saturated carbocycles. The number of amides is 1. The van der Waals surface area contributed by atoms with Crippen LogP contribution in [0.15, 0.2) is 18.2 Å². The van der Waals surface area contributed by atoms with Gasteiger partial charge in [-0.05, 0) is 36.8 Å². The van der Waals surface area contributed by atoms with Crippen molar-refractivity contribution < 1.29 is 4.79 Å². The van der Waals surface area contributed by atoms with Crippen molar-refractivity contribution in [3.8, 4) is 0 Å². The van der Waals surface area contributed by atoms with E-state index in [1.165, 1.54) is 6.42 Å². The van der Waals surface area contributed by atoms with Gasteiger partial charge < -0.3 is 4.57 Å². The maximum absolute atomic E-state index is 12.3. The molecule has 0 radical (unpaired) electrons. The van der Waals surface area contributed by atoms with Gasteiger partial charge in [-0.1, -0.05) is 26.8 Å². The van der Waals surface area contributed by atoms with E-state index >= 15 is 0 Å². The zero-order valence-corrected chi connectivity index (χ0v) is 13.9. The number of nitrogens with one attached hydrogen (secondary N) is 1. The maximum atomic E-state index is 12.3. The van der Waals surface area contributed by atoms with Crippen molar-refractivity contribution in [2.75, 3.05) is 5.32 Å². The topological polar surface area (TPSA) is 51.3 Å². The molecule has 0 spiro atoms. The Morgan fingerprint density at radius 2 is 2.17 bits per heavy atom. The van der Waals surface area contributed by atoms with Gasteiger partial charge in [0.15, 0.2) is 5.69 Å². The van der Waals surface area contributed by atoms with E-state index in [2.05, 4.69) is 19.7 Å². The summed E-state index contributed by atoms with van der Waals surface area (Å²) in [5.41, 5.74) is 2.31. The summed E-state index contributed by atoms with van der Waals surface area (Å²) in [7, 11) is 0. The standard InChI is InChI=1S/C18H22N4O/c1-18(2,3)11-16(23)21-17-20-14-9-8-12(19-4)10-15(14)22(17)13-6-5-7-13/h8-10,13H,5-7,11H2,1-3H3,(H,20,21,23). The van der Waals surface area contributed by atoms with Gasteiger partial charge in [0.2, 0.25) is 11.9 Å². The zero-order valence-electron chi connectivity index (χ0n) is 13.9. The Hall–Kier alpha value is -2.35. The van der Waals surface area contributed by atoms with Gasteiger partial charge in [0.25, 0.3) is 0 Å². The molecule has 1 fully saturated rings. The Labute approximate surface area is 136 Å². The molecule has 0 unspecified atom stereocenters. The van der Waals surface area contributed by atoms with Gasteiger partial charge >= 0.3 is 0 Å². The molecule has 5 nitrogen and oxygen atoms in total. The van der Waals surface area contributed by atoms with E-state index in [0.717, 1.165) is 23.9 Å². The predicted molar refractivity (Wildman–Crippen MR) is 91.6 cm³/mol. The number of rotatable bonds is 3. The summed E-state index contributed by atoms with van der Waals surface area (Å²) in [5, 5.41) is 2.98. The maximum Gasteiger partial charge on any atom is 0.227 e. The number of hydrogen-bond donors (Lipinski definition) is 1. The number of hydrogen-bond acceptors (Lipinski definition) is 2. The second-order valence-electron chi connectivity index (χ2n) is 7.46. The Morgan fingerprint density at radius 1 is 1.43 bits per heavy atom. The predicted octanol–water partition coefficient (Wildman–Crippen LogP) is 4.69. The van der Waals surface area contributed by atoms with Gasteiger partial charge in [-0.3, -0.25) is 10.1 Å². The van der Waals surface area contributed by atoms with Crippen LogP contribution in [-0.2, 0) is 4.79 Å². The Kier molecular flexibility index (Phi) is 3.85. The molecule has 1 aromatic carbocycles. The molecular formula is C18H22N4O. The van der Waals surface area contributed by atoms with Crippen molar-refractivity contribution in [3.05, 3.63) is 29.6 Å². The number of fused-ring (bicyclic) bond motifs is 1. The molecule has 23 heavy (non-hydrogen) atoms. The van der Waals surface area contributed by atoms with E-state index in [4.69, 9.17) is 6.57 Å². The van der Waals surface area contributed by atoms with Gasteiger partial charge in [0, 0.05) is 12.5 Å². The highest BCUT2D eigenvalue weighted by molar-refractivity contribution is 5.92. The highest BCUT2D eigenvalue weighted by atomic mass is 16.1. The third-order valence-corrected chi connectivity index (χ3v) is 4.18. The monoisotopic (exact) mass is 310 g/mol. The van der Waals surface area contributed by atoms with E-state index in [-0.39, 0.29) is 11.3 Å². The minimum Gasteiger partial charge on any atom is -0.308 e. The average molecular weight is 310 g/mol. The number of nitrogens with zero attached hydrogens (tertiary/aromatic N) is 3. The van der Waals surface area contributed by atoms with Gasteiger partial charge in [-0.2, -0.15) is 0 Å². The van der Waals surface area contributed by atoms with Crippen molar-refractivity contribution in [2.24, 2.45) is 5.41 Å². The molecule has 1 N–H and O–H groups in total. The largest absolute Gasteiger partial charge is 0.308 e. The third kappa shape index (κ3) is 3.21. The fraction of sp³-hybridized carbons (Fsp3) is 0.500. The van der Waals surface area contributed by atoms with E-state index < -0.39 is 0 Å². The number of imidazole rings is 1. The van der Waals surface area contributed by atoms with Gasteiger partial charge in [0.1, 0.15) is 0 Å². The summed E-state index contributed by atoms with van der Waals surface area (Å²) >= 11 is 0. The van der Waals surface area contributed by atoms with Crippen molar-refractivity contribution in [2.45, 2.75) is 52.5 Å². The quantitative estimate of drug-likeness (QED) is 0.836. The summed E-state index contributed by atoms with van der Waals surface area (Å²) in [4.78, 5) is 20.4. The number of carbonyl (C=O) groups excluding carboxylic acids is 1.